The molecule has 0 radical (unpaired) electrons. The predicted octanol–water partition coefficient (Wildman–Crippen LogP) is 6.82. The van der Waals surface area contributed by atoms with Gasteiger partial charge in [0.2, 0.25) is 5.91 Å². The Hall–Kier alpha value is -4.72. The van der Waals surface area contributed by atoms with Crippen molar-refractivity contribution >= 4 is 45.5 Å². The SMILES string of the molecule is CCOc1cc2ncc(C#N)c(Nc3ccc(OCc4cc(F)cc(F)c4)c(Cl)c3)c2cc1NC(=O)C=CCN(C)C. The van der Waals surface area contributed by atoms with Crippen LogP contribution in [0.1, 0.15) is 18.1 Å². The van der Waals surface area contributed by atoms with Crippen molar-refractivity contribution in [2.24, 2.45) is 0 Å². The van der Waals surface area contributed by atoms with Gasteiger partial charge in [0.25, 0.3) is 0 Å². The highest BCUT2D eigenvalue weighted by atomic mass is 35.5. The summed E-state index contributed by atoms with van der Waals surface area (Å²) >= 11 is 6.45. The molecule has 2 N–H and O–H groups in total. The van der Waals surface area contributed by atoms with Crippen molar-refractivity contribution in [3.8, 4) is 17.6 Å². The molecule has 0 bridgehead atoms. The summed E-state index contributed by atoms with van der Waals surface area (Å²) in [4.78, 5) is 18.9. The van der Waals surface area contributed by atoms with E-state index in [1.807, 2.05) is 25.9 Å². The van der Waals surface area contributed by atoms with Crippen LogP contribution in [0.2, 0.25) is 5.02 Å². The molecule has 0 aliphatic rings. The van der Waals surface area contributed by atoms with Gasteiger partial charge in [-0.05, 0) is 63.0 Å². The highest BCUT2D eigenvalue weighted by Crippen LogP contribution is 2.37. The molecule has 0 aliphatic heterocycles. The molecular formula is C31H28ClF2N5O3. The number of fused-ring (bicyclic) bond motifs is 1. The van der Waals surface area contributed by atoms with Gasteiger partial charge in [0.15, 0.2) is 0 Å². The number of ether oxygens (including phenoxy) is 2. The number of anilines is 3. The fourth-order valence-corrected chi connectivity index (χ4v) is 4.29. The Morgan fingerprint density at radius 1 is 1.10 bits per heavy atom. The average molecular weight is 592 g/mol. The van der Waals surface area contributed by atoms with Gasteiger partial charge in [-0.1, -0.05) is 17.7 Å². The number of likely N-dealkylation sites (N-methyl/N-ethyl adjacent to an activating group) is 1. The van der Waals surface area contributed by atoms with Crippen LogP contribution in [-0.4, -0.2) is 43.0 Å². The quantitative estimate of drug-likeness (QED) is 0.185. The first kappa shape index (κ1) is 30.2. The van der Waals surface area contributed by atoms with Crippen LogP contribution in [0.3, 0.4) is 0 Å². The first-order valence-corrected chi connectivity index (χ1v) is 13.3. The molecule has 3 aromatic carbocycles. The van der Waals surface area contributed by atoms with Crippen molar-refractivity contribution in [3.05, 3.63) is 94.7 Å². The smallest absolute Gasteiger partial charge is 0.248 e. The zero-order valence-electron chi connectivity index (χ0n) is 23.2. The number of aromatic nitrogens is 1. The topological polar surface area (TPSA) is 99.5 Å². The summed E-state index contributed by atoms with van der Waals surface area (Å²) in [5.41, 5.74) is 2.52. The van der Waals surface area contributed by atoms with Crippen LogP contribution in [0, 0.1) is 23.0 Å². The van der Waals surface area contributed by atoms with Crippen molar-refractivity contribution in [2.75, 3.05) is 37.9 Å². The van der Waals surface area contributed by atoms with Gasteiger partial charge < -0.3 is 25.0 Å². The van der Waals surface area contributed by atoms with Crippen LogP contribution in [-0.2, 0) is 11.4 Å². The van der Waals surface area contributed by atoms with E-state index >= 15 is 0 Å². The minimum atomic E-state index is -0.700. The van der Waals surface area contributed by atoms with E-state index in [0.29, 0.717) is 58.2 Å². The maximum absolute atomic E-state index is 13.5. The van der Waals surface area contributed by atoms with Crippen molar-refractivity contribution in [1.29, 1.82) is 5.26 Å². The largest absolute Gasteiger partial charge is 0.492 e. The summed E-state index contributed by atoms with van der Waals surface area (Å²) < 4.78 is 38.4. The van der Waals surface area contributed by atoms with Crippen LogP contribution in [0.5, 0.6) is 11.5 Å². The molecule has 0 saturated heterocycles. The third-order valence-corrected chi connectivity index (χ3v) is 6.20. The number of hydrogen-bond donors (Lipinski definition) is 2. The standard InChI is InChI=1S/C31H28ClF2N5O3/c1-4-41-29-15-26-24(14-27(29)38-30(40)6-5-9-39(2)3)31(20(16-35)17-36-26)37-23-7-8-28(25(32)13-23)42-18-19-10-21(33)12-22(34)11-19/h5-8,10-15,17H,4,9,18H2,1-3H3,(H,36,37)(H,38,40). The van der Waals surface area contributed by atoms with Gasteiger partial charge in [-0.25, -0.2) is 8.78 Å². The van der Waals surface area contributed by atoms with Gasteiger partial charge in [-0.3, -0.25) is 9.78 Å². The van der Waals surface area contributed by atoms with Gasteiger partial charge >= 0.3 is 0 Å². The lowest BCUT2D eigenvalue weighted by Crippen LogP contribution is -2.13. The molecule has 4 aromatic rings. The molecule has 0 unspecified atom stereocenters. The molecule has 1 amide bonds. The number of amides is 1. The zero-order chi connectivity index (χ0) is 30.2. The van der Waals surface area contributed by atoms with E-state index in [1.54, 1.807) is 36.4 Å². The number of nitrogens with zero attached hydrogens (tertiary/aromatic N) is 3. The molecule has 1 heterocycles. The van der Waals surface area contributed by atoms with Crippen molar-refractivity contribution in [1.82, 2.24) is 9.88 Å². The normalized spacial score (nSPS) is 11.1. The van der Waals surface area contributed by atoms with E-state index in [4.69, 9.17) is 21.1 Å². The Balaban J connectivity index is 1.63. The molecule has 42 heavy (non-hydrogen) atoms. The van der Waals surface area contributed by atoms with Gasteiger partial charge in [0.1, 0.15) is 35.8 Å². The Kier molecular flexibility index (Phi) is 9.91. The Morgan fingerprint density at radius 2 is 1.86 bits per heavy atom. The first-order valence-electron chi connectivity index (χ1n) is 12.9. The number of hydrogen-bond acceptors (Lipinski definition) is 7. The van der Waals surface area contributed by atoms with Crippen molar-refractivity contribution < 1.29 is 23.0 Å². The van der Waals surface area contributed by atoms with Crippen LogP contribution < -0.4 is 20.1 Å². The number of halogens is 3. The molecule has 1 aromatic heterocycles. The molecule has 11 heteroatoms. The van der Waals surface area contributed by atoms with Crippen LogP contribution in [0.4, 0.5) is 25.8 Å². The lowest BCUT2D eigenvalue weighted by Gasteiger charge is -2.16. The molecule has 216 valence electrons. The fraction of sp³-hybridized carbons (Fsp3) is 0.194. The van der Waals surface area contributed by atoms with Gasteiger partial charge in [-0.2, -0.15) is 5.26 Å². The van der Waals surface area contributed by atoms with Gasteiger partial charge in [-0.15, -0.1) is 0 Å². The lowest BCUT2D eigenvalue weighted by molar-refractivity contribution is -0.111. The highest BCUT2D eigenvalue weighted by Gasteiger charge is 2.16. The maximum Gasteiger partial charge on any atom is 0.248 e. The number of carbonyl (C=O) groups is 1. The summed E-state index contributed by atoms with van der Waals surface area (Å²) in [5.74, 6) is -0.992. The van der Waals surface area contributed by atoms with Crippen LogP contribution in [0.15, 0.2) is 66.9 Å². The average Bonchev–Trinajstić information content (AvgIpc) is 2.92. The van der Waals surface area contributed by atoms with Gasteiger partial charge in [0.05, 0.1) is 34.1 Å². The second-order valence-electron chi connectivity index (χ2n) is 9.45. The van der Waals surface area contributed by atoms with Crippen LogP contribution >= 0.6 is 11.6 Å². The zero-order valence-corrected chi connectivity index (χ0v) is 23.9. The summed E-state index contributed by atoms with van der Waals surface area (Å²) in [7, 11) is 3.80. The molecule has 0 fully saturated rings. The predicted molar refractivity (Wildman–Crippen MR) is 159 cm³/mol. The van der Waals surface area contributed by atoms with Gasteiger partial charge in [0, 0.05) is 42.0 Å². The molecule has 4 rings (SSSR count). The minimum absolute atomic E-state index is 0.0876. The second-order valence-corrected chi connectivity index (χ2v) is 9.85. The molecule has 8 nitrogen and oxygen atoms in total. The second kappa shape index (κ2) is 13.8. The number of nitrogens with one attached hydrogen (secondary N) is 2. The van der Waals surface area contributed by atoms with E-state index in [0.717, 1.165) is 6.07 Å². The summed E-state index contributed by atoms with van der Waals surface area (Å²) in [5, 5.41) is 16.7. The van der Waals surface area contributed by atoms with E-state index in [-0.39, 0.29) is 23.1 Å². The Bertz CT molecular complexity index is 1670. The van der Waals surface area contributed by atoms with E-state index in [2.05, 4.69) is 21.7 Å². The molecular weight excluding hydrogens is 564 g/mol. The molecule has 0 atom stereocenters. The minimum Gasteiger partial charge on any atom is -0.492 e. The van der Waals surface area contributed by atoms with E-state index < -0.39 is 11.6 Å². The fourth-order valence-electron chi connectivity index (χ4n) is 4.05. The third-order valence-electron chi connectivity index (χ3n) is 5.91. The monoisotopic (exact) mass is 591 g/mol. The molecule has 0 spiro atoms. The number of pyridine rings is 1. The van der Waals surface area contributed by atoms with E-state index in [1.165, 1.54) is 24.4 Å². The Morgan fingerprint density at radius 3 is 2.52 bits per heavy atom. The summed E-state index contributed by atoms with van der Waals surface area (Å²) in [6.07, 6.45) is 4.63. The summed E-state index contributed by atoms with van der Waals surface area (Å²) in [6.45, 7) is 2.71. The molecule has 0 aliphatic carbocycles. The number of rotatable bonds is 11. The highest BCUT2D eigenvalue weighted by molar-refractivity contribution is 6.32. The number of carbonyl (C=O) groups excluding carboxylic acids is 1. The summed E-state index contributed by atoms with van der Waals surface area (Å²) in [6, 6.07) is 13.6. The van der Waals surface area contributed by atoms with Crippen LogP contribution in [0.25, 0.3) is 10.9 Å². The number of benzene rings is 3. The van der Waals surface area contributed by atoms with Crippen molar-refractivity contribution in [2.45, 2.75) is 13.5 Å². The number of nitriles is 1. The lowest BCUT2D eigenvalue weighted by atomic mass is 10.1. The first-order chi connectivity index (χ1) is 20.2. The van der Waals surface area contributed by atoms with E-state index in [9.17, 15) is 18.8 Å². The maximum atomic E-state index is 13.5. The van der Waals surface area contributed by atoms with Crippen molar-refractivity contribution in [3.63, 3.8) is 0 Å². The molecule has 0 saturated carbocycles. The third kappa shape index (κ3) is 7.72. The Labute approximate surface area is 247 Å².